The molecule has 0 aromatic carbocycles. The zero-order chi connectivity index (χ0) is 7.56. The molecule has 0 unspecified atom stereocenters. The molecule has 0 spiro atoms. The van der Waals surface area contributed by atoms with Crippen molar-refractivity contribution in [2.24, 2.45) is 11.1 Å². The lowest BCUT2D eigenvalue weighted by molar-refractivity contribution is 0.274. The van der Waals surface area contributed by atoms with Crippen molar-refractivity contribution < 1.29 is 5.21 Å². The van der Waals surface area contributed by atoms with Crippen LogP contribution >= 0.6 is 0 Å². The zero-order valence-electron chi connectivity index (χ0n) is 6.54. The van der Waals surface area contributed by atoms with Crippen LogP contribution in [0.4, 0.5) is 0 Å². The molecule has 0 radical (unpaired) electrons. The van der Waals surface area contributed by atoms with Gasteiger partial charge in [-0.25, -0.2) is 0 Å². The summed E-state index contributed by atoms with van der Waals surface area (Å²) in [5, 5.41) is 11.8. The van der Waals surface area contributed by atoms with Crippen LogP contribution in [0.15, 0.2) is 5.16 Å². The molecule has 0 bridgehead atoms. The number of hydrogen-bond donors (Lipinski definition) is 1. The van der Waals surface area contributed by atoms with E-state index < -0.39 is 0 Å². The molecule has 1 aliphatic heterocycles. The third-order valence-electron chi connectivity index (χ3n) is 2.03. The second-order valence-electron chi connectivity index (χ2n) is 3.00. The minimum absolute atomic E-state index is 0.420. The number of oxime groups is 1. The fourth-order valence-corrected chi connectivity index (χ4v) is 1.36. The Labute approximate surface area is 61.3 Å². The highest BCUT2D eigenvalue weighted by molar-refractivity contribution is 5.86. The molecule has 10 heavy (non-hydrogen) atoms. The third kappa shape index (κ3) is 1.48. The summed E-state index contributed by atoms with van der Waals surface area (Å²) >= 11 is 0. The van der Waals surface area contributed by atoms with Crippen molar-refractivity contribution in [2.75, 3.05) is 20.1 Å². The summed E-state index contributed by atoms with van der Waals surface area (Å²) in [5.41, 5.74) is 0.943. The topological polar surface area (TPSA) is 35.8 Å². The number of likely N-dealkylation sites (tertiary alicyclic amines) is 1. The summed E-state index contributed by atoms with van der Waals surface area (Å²) in [6.45, 7) is 4.12. The van der Waals surface area contributed by atoms with E-state index >= 15 is 0 Å². The maximum absolute atomic E-state index is 8.52. The van der Waals surface area contributed by atoms with E-state index in [1.165, 1.54) is 0 Å². The summed E-state index contributed by atoms with van der Waals surface area (Å²) < 4.78 is 0. The summed E-state index contributed by atoms with van der Waals surface area (Å²) in [5.74, 6) is 0.420. The molecule has 58 valence electrons. The van der Waals surface area contributed by atoms with Crippen molar-refractivity contribution in [2.45, 2.75) is 13.3 Å². The van der Waals surface area contributed by atoms with Crippen molar-refractivity contribution in [3.05, 3.63) is 0 Å². The Balaban J connectivity index is 2.52. The number of rotatable bonds is 0. The van der Waals surface area contributed by atoms with Gasteiger partial charge >= 0.3 is 0 Å². The molecule has 3 heteroatoms. The lowest BCUT2D eigenvalue weighted by atomic mass is 9.98. The van der Waals surface area contributed by atoms with Crippen LogP contribution in [0.25, 0.3) is 0 Å². The first-order valence-electron chi connectivity index (χ1n) is 3.63. The van der Waals surface area contributed by atoms with Crippen molar-refractivity contribution in [1.82, 2.24) is 4.90 Å². The van der Waals surface area contributed by atoms with Gasteiger partial charge in [0.05, 0.1) is 5.71 Å². The van der Waals surface area contributed by atoms with Crippen molar-refractivity contribution in [1.29, 1.82) is 0 Å². The second kappa shape index (κ2) is 3.01. The molecule has 1 N–H and O–H groups in total. The van der Waals surface area contributed by atoms with Crippen LogP contribution in [-0.2, 0) is 0 Å². The normalized spacial score (nSPS) is 33.0. The Hall–Kier alpha value is -0.570. The van der Waals surface area contributed by atoms with Gasteiger partial charge in [-0.15, -0.1) is 0 Å². The third-order valence-corrected chi connectivity index (χ3v) is 2.03. The summed E-state index contributed by atoms with van der Waals surface area (Å²) in [6.07, 6.45) is 0.911. The molecule has 0 saturated carbocycles. The highest BCUT2D eigenvalue weighted by Gasteiger charge is 2.19. The zero-order valence-corrected chi connectivity index (χ0v) is 6.54. The largest absolute Gasteiger partial charge is 0.411 e. The van der Waals surface area contributed by atoms with Crippen molar-refractivity contribution in [3.63, 3.8) is 0 Å². The van der Waals surface area contributed by atoms with Gasteiger partial charge in [-0.1, -0.05) is 12.1 Å². The fourth-order valence-electron chi connectivity index (χ4n) is 1.36. The predicted octanol–water partition coefficient (Wildman–Crippen LogP) is 0.788. The van der Waals surface area contributed by atoms with Gasteiger partial charge in [0.25, 0.3) is 0 Å². The molecule has 1 fully saturated rings. The van der Waals surface area contributed by atoms with E-state index in [0.29, 0.717) is 5.92 Å². The molecule has 1 saturated heterocycles. The van der Waals surface area contributed by atoms with E-state index in [9.17, 15) is 0 Å². The molecule has 0 aromatic rings. The first kappa shape index (κ1) is 7.54. The van der Waals surface area contributed by atoms with E-state index in [-0.39, 0.29) is 0 Å². The minimum Gasteiger partial charge on any atom is -0.411 e. The van der Waals surface area contributed by atoms with Crippen LogP contribution in [0.1, 0.15) is 13.3 Å². The highest BCUT2D eigenvalue weighted by Crippen LogP contribution is 2.11. The van der Waals surface area contributed by atoms with Crippen LogP contribution < -0.4 is 0 Å². The lowest BCUT2D eigenvalue weighted by Gasteiger charge is -2.27. The van der Waals surface area contributed by atoms with Crippen LogP contribution in [0.2, 0.25) is 0 Å². The van der Waals surface area contributed by atoms with Crippen LogP contribution in [0.3, 0.4) is 0 Å². The van der Waals surface area contributed by atoms with E-state index in [2.05, 4.69) is 24.0 Å². The Kier molecular flexibility index (Phi) is 2.27. The van der Waals surface area contributed by atoms with Gasteiger partial charge in [0.1, 0.15) is 0 Å². The SMILES string of the molecule is C[C@@H]1CN(C)CC/C1=N\O. The molecular weight excluding hydrogens is 128 g/mol. The summed E-state index contributed by atoms with van der Waals surface area (Å²) in [4.78, 5) is 2.25. The van der Waals surface area contributed by atoms with Crippen LogP contribution in [-0.4, -0.2) is 36.0 Å². The average molecular weight is 142 g/mol. The van der Waals surface area contributed by atoms with E-state index in [0.717, 1.165) is 25.2 Å². The number of hydrogen-bond acceptors (Lipinski definition) is 3. The molecule has 0 aliphatic carbocycles. The highest BCUT2D eigenvalue weighted by atomic mass is 16.4. The number of piperidine rings is 1. The first-order valence-corrected chi connectivity index (χ1v) is 3.63. The maximum Gasteiger partial charge on any atom is 0.0624 e. The Morgan fingerprint density at radius 2 is 2.40 bits per heavy atom. The molecule has 0 aromatic heterocycles. The molecule has 1 rings (SSSR count). The monoisotopic (exact) mass is 142 g/mol. The second-order valence-corrected chi connectivity index (χ2v) is 3.00. The Bertz CT molecular complexity index is 145. The summed E-state index contributed by atoms with van der Waals surface area (Å²) in [7, 11) is 2.09. The van der Waals surface area contributed by atoms with Crippen molar-refractivity contribution >= 4 is 5.71 Å². The molecule has 1 aliphatic rings. The van der Waals surface area contributed by atoms with E-state index in [1.54, 1.807) is 0 Å². The summed E-state index contributed by atoms with van der Waals surface area (Å²) in [6, 6.07) is 0. The van der Waals surface area contributed by atoms with Crippen molar-refractivity contribution in [3.8, 4) is 0 Å². The Morgan fingerprint density at radius 3 is 2.90 bits per heavy atom. The van der Waals surface area contributed by atoms with Crippen LogP contribution in [0, 0.1) is 5.92 Å². The maximum atomic E-state index is 8.52. The minimum atomic E-state index is 0.420. The van der Waals surface area contributed by atoms with E-state index in [4.69, 9.17) is 5.21 Å². The standard InChI is InChI=1S/C7H14N2O/c1-6-5-9(2)4-3-7(6)8-10/h6,10H,3-5H2,1-2H3/b8-7+/t6-/m1/s1. The average Bonchev–Trinajstić information content (AvgIpc) is 1.88. The molecular formula is C7H14N2O. The first-order chi connectivity index (χ1) is 4.74. The molecule has 1 atom stereocenters. The van der Waals surface area contributed by atoms with Gasteiger partial charge in [-0.2, -0.15) is 0 Å². The predicted molar refractivity (Wildman–Crippen MR) is 40.5 cm³/mol. The quantitative estimate of drug-likeness (QED) is 0.401. The molecule has 1 heterocycles. The lowest BCUT2D eigenvalue weighted by Crippen LogP contribution is -2.36. The van der Waals surface area contributed by atoms with Gasteiger partial charge in [0, 0.05) is 25.4 Å². The van der Waals surface area contributed by atoms with Gasteiger partial charge in [-0.05, 0) is 7.05 Å². The van der Waals surface area contributed by atoms with Gasteiger partial charge in [0.2, 0.25) is 0 Å². The van der Waals surface area contributed by atoms with Gasteiger partial charge in [0.15, 0.2) is 0 Å². The fraction of sp³-hybridized carbons (Fsp3) is 0.857. The molecule has 3 nitrogen and oxygen atoms in total. The number of nitrogens with zero attached hydrogens (tertiary/aromatic N) is 2. The Morgan fingerprint density at radius 1 is 1.70 bits per heavy atom. The van der Waals surface area contributed by atoms with Gasteiger partial charge in [-0.3, -0.25) is 0 Å². The smallest absolute Gasteiger partial charge is 0.0624 e. The molecule has 0 amide bonds. The van der Waals surface area contributed by atoms with Gasteiger partial charge < -0.3 is 10.1 Å². The van der Waals surface area contributed by atoms with E-state index in [1.807, 2.05) is 0 Å². The van der Waals surface area contributed by atoms with Crippen LogP contribution in [0.5, 0.6) is 0 Å².